The van der Waals surface area contributed by atoms with Crippen LogP contribution in [0.4, 0.5) is 0 Å². The lowest BCUT2D eigenvalue weighted by atomic mass is 9.97. The van der Waals surface area contributed by atoms with E-state index in [0.29, 0.717) is 6.04 Å². The van der Waals surface area contributed by atoms with Gasteiger partial charge >= 0.3 is 0 Å². The third-order valence-electron chi connectivity index (χ3n) is 2.94. The molecule has 0 radical (unpaired) electrons. The average Bonchev–Trinajstić information content (AvgIpc) is 2.23. The molecular weight excluding hydrogens is 174 g/mol. The number of morpholine rings is 1. The molecule has 2 nitrogen and oxygen atoms in total. The van der Waals surface area contributed by atoms with Crippen LogP contribution in [0.1, 0.15) is 22.7 Å². The standard InChI is InChI=1S/C12H17NO/c1-9-4-3-5-11(10(9)2)12-8-14-7-6-13-12/h3-5,12-13H,6-8H2,1-2H3. The molecule has 0 aromatic heterocycles. The van der Waals surface area contributed by atoms with Crippen LogP contribution in [-0.2, 0) is 4.74 Å². The minimum Gasteiger partial charge on any atom is -0.378 e. The third-order valence-corrected chi connectivity index (χ3v) is 2.94. The van der Waals surface area contributed by atoms with Gasteiger partial charge in [0.2, 0.25) is 0 Å². The summed E-state index contributed by atoms with van der Waals surface area (Å²) in [5.74, 6) is 0. The number of nitrogens with one attached hydrogen (secondary N) is 1. The van der Waals surface area contributed by atoms with Gasteiger partial charge in [0.05, 0.1) is 19.3 Å². The van der Waals surface area contributed by atoms with Crippen molar-refractivity contribution in [3.05, 3.63) is 34.9 Å². The van der Waals surface area contributed by atoms with Gasteiger partial charge in [-0.2, -0.15) is 0 Å². The Labute approximate surface area is 85.3 Å². The van der Waals surface area contributed by atoms with E-state index in [9.17, 15) is 0 Å². The Morgan fingerprint density at radius 3 is 2.93 bits per heavy atom. The molecule has 1 atom stereocenters. The molecule has 1 aliphatic rings. The van der Waals surface area contributed by atoms with Crippen LogP contribution in [0.2, 0.25) is 0 Å². The highest BCUT2D eigenvalue weighted by Gasteiger charge is 2.16. The van der Waals surface area contributed by atoms with Gasteiger partial charge < -0.3 is 10.1 Å². The highest BCUT2D eigenvalue weighted by Crippen LogP contribution is 2.21. The van der Waals surface area contributed by atoms with Crippen molar-refractivity contribution in [2.75, 3.05) is 19.8 Å². The molecule has 0 amide bonds. The highest BCUT2D eigenvalue weighted by atomic mass is 16.5. The van der Waals surface area contributed by atoms with Gasteiger partial charge in [0.25, 0.3) is 0 Å². The van der Waals surface area contributed by atoms with Gasteiger partial charge in [0, 0.05) is 6.54 Å². The van der Waals surface area contributed by atoms with Crippen molar-refractivity contribution in [1.82, 2.24) is 5.32 Å². The normalized spacial score (nSPS) is 22.3. The highest BCUT2D eigenvalue weighted by molar-refractivity contribution is 5.35. The fourth-order valence-electron chi connectivity index (χ4n) is 1.92. The number of rotatable bonds is 1. The summed E-state index contributed by atoms with van der Waals surface area (Å²) in [4.78, 5) is 0. The molecule has 76 valence electrons. The summed E-state index contributed by atoms with van der Waals surface area (Å²) in [5, 5.41) is 3.48. The third kappa shape index (κ3) is 1.81. The monoisotopic (exact) mass is 191 g/mol. The van der Waals surface area contributed by atoms with Crippen LogP contribution in [0.5, 0.6) is 0 Å². The summed E-state index contributed by atoms with van der Waals surface area (Å²) >= 11 is 0. The number of aryl methyl sites for hydroxylation is 1. The molecule has 1 heterocycles. The summed E-state index contributed by atoms with van der Waals surface area (Å²) in [6.07, 6.45) is 0. The molecule has 1 fully saturated rings. The molecular formula is C12H17NO. The Morgan fingerprint density at radius 2 is 2.21 bits per heavy atom. The quantitative estimate of drug-likeness (QED) is 0.732. The lowest BCUT2D eigenvalue weighted by molar-refractivity contribution is 0.0767. The predicted octanol–water partition coefficient (Wildman–Crippen LogP) is 1.96. The van der Waals surface area contributed by atoms with Gasteiger partial charge in [0.15, 0.2) is 0 Å². The van der Waals surface area contributed by atoms with Crippen LogP contribution >= 0.6 is 0 Å². The molecule has 0 aliphatic carbocycles. The fourth-order valence-corrected chi connectivity index (χ4v) is 1.92. The second kappa shape index (κ2) is 4.11. The molecule has 1 N–H and O–H groups in total. The molecule has 2 rings (SSSR count). The molecule has 14 heavy (non-hydrogen) atoms. The topological polar surface area (TPSA) is 21.3 Å². The summed E-state index contributed by atoms with van der Waals surface area (Å²) in [7, 11) is 0. The largest absolute Gasteiger partial charge is 0.378 e. The lowest BCUT2D eigenvalue weighted by Crippen LogP contribution is -2.35. The lowest BCUT2D eigenvalue weighted by Gasteiger charge is -2.26. The Bertz CT molecular complexity index is 316. The van der Waals surface area contributed by atoms with E-state index in [0.717, 1.165) is 19.8 Å². The Hall–Kier alpha value is -0.860. The molecule has 2 heteroatoms. The molecule has 0 saturated carbocycles. The maximum absolute atomic E-state index is 5.47. The van der Waals surface area contributed by atoms with Gasteiger partial charge in [-0.1, -0.05) is 18.2 Å². The van der Waals surface area contributed by atoms with Crippen LogP contribution in [-0.4, -0.2) is 19.8 Å². The van der Waals surface area contributed by atoms with Crippen LogP contribution in [0.25, 0.3) is 0 Å². The first-order chi connectivity index (χ1) is 6.79. The first-order valence-corrected chi connectivity index (χ1v) is 5.16. The SMILES string of the molecule is Cc1cccc(C2COCCN2)c1C. The molecule has 0 spiro atoms. The van der Waals surface area contributed by atoms with Gasteiger partial charge in [0.1, 0.15) is 0 Å². The van der Waals surface area contributed by atoms with E-state index in [1.807, 2.05) is 0 Å². The molecule has 0 bridgehead atoms. The number of hydrogen-bond acceptors (Lipinski definition) is 2. The van der Waals surface area contributed by atoms with E-state index in [-0.39, 0.29) is 0 Å². The summed E-state index contributed by atoms with van der Waals surface area (Å²) in [5.41, 5.74) is 4.12. The molecule has 1 aromatic carbocycles. The minimum absolute atomic E-state index is 0.378. The van der Waals surface area contributed by atoms with E-state index < -0.39 is 0 Å². The Kier molecular flexibility index (Phi) is 2.85. The van der Waals surface area contributed by atoms with Crippen molar-refractivity contribution < 1.29 is 4.74 Å². The van der Waals surface area contributed by atoms with Crippen molar-refractivity contribution >= 4 is 0 Å². The van der Waals surface area contributed by atoms with Crippen molar-refractivity contribution in [3.63, 3.8) is 0 Å². The van der Waals surface area contributed by atoms with Crippen molar-refractivity contribution in [1.29, 1.82) is 0 Å². The first-order valence-electron chi connectivity index (χ1n) is 5.16. The summed E-state index contributed by atoms with van der Waals surface area (Å²) in [6.45, 7) is 6.92. The zero-order valence-corrected chi connectivity index (χ0v) is 8.84. The fraction of sp³-hybridized carbons (Fsp3) is 0.500. The first kappa shape index (κ1) is 9.69. The second-order valence-electron chi connectivity index (χ2n) is 3.87. The van der Waals surface area contributed by atoms with E-state index in [4.69, 9.17) is 4.74 Å². The zero-order valence-electron chi connectivity index (χ0n) is 8.84. The average molecular weight is 191 g/mol. The Morgan fingerprint density at radius 1 is 1.36 bits per heavy atom. The van der Waals surface area contributed by atoms with Crippen molar-refractivity contribution in [2.24, 2.45) is 0 Å². The molecule has 1 aromatic rings. The number of benzene rings is 1. The van der Waals surface area contributed by atoms with Crippen LogP contribution < -0.4 is 5.32 Å². The number of ether oxygens (including phenoxy) is 1. The smallest absolute Gasteiger partial charge is 0.0662 e. The minimum atomic E-state index is 0.378. The van der Waals surface area contributed by atoms with Crippen molar-refractivity contribution in [3.8, 4) is 0 Å². The molecule has 1 aliphatic heterocycles. The van der Waals surface area contributed by atoms with Gasteiger partial charge in [-0.25, -0.2) is 0 Å². The summed E-state index contributed by atoms with van der Waals surface area (Å²) < 4.78 is 5.47. The molecule has 1 unspecified atom stereocenters. The second-order valence-corrected chi connectivity index (χ2v) is 3.87. The van der Waals surface area contributed by atoms with Gasteiger partial charge in [-0.05, 0) is 30.5 Å². The maximum atomic E-state index is 5.47. The van der Waals surface area contributed by atoms with Crippen LogP contribution in [0.15, 0.2) is 18.2 Å². The van der Waals surface area contributed by atoms with E-state index >= 15 is 0 Å². The van der Waals surface area contributed by atoms with E-state index in [1.165, 1.54) is 16.7 Å². The van der Waals surface area contributed by atoms with Crippen LogP contribution in [0, 0.1) is 13.8 Å². The van der Waals surface area contributed by atoms with E-state index in [1.54, 1.807) is 0 Å². The predicted molar refractivity (Wildman–Crippen MR) is 57.5 cm³/mol. The Balaban J connectivity index is 2.26. The van der Waals surface area contributed by atoms with Gasteiger partial charge in [-0.3, -0.25) is 0 Å². The van der Waals surface area contributed by atoms with Gasteiger partial charge in [-0.15, -0.1) is 0 Å². The molecule has 1 saturated heterocycles. The maximum Gasteiger partial charge on any atom is 0.0662 e. The van der Waals surface area contributed by atoms with Crippen molar-refractivity contribution in [2.45, 2.75) is 19.9 Å². The van der Waals surface area contributed by atoms with E-state index in [2.05, 4.69) is 37.4 Å². The zero-order chi connectivity index (χ0) is 9.97. The number of hydrogen-bond donors (Lipinski definition) is 1. The summed E-state index contributed by atoms with van der Waals surface area (Å²) in [6, 6.07) is 6.84. The van der Waals surface area contributed by atoms with Crippen LogP contribution in [0.3, 0.4) is 0 Å².